The summed E-state index contributed by atoms with van der Waals surface area (Å²) < 4.78 is 5.51. The average Bonchev–Trinajstić information content (AvgIpc) is 3.14. The standard InChI is InChI=1S/C23H20N4O2S2/c1-2-29-16-7-8-19-14(10-16)9-15(11-24)22(26-19)30-13-21(28)27-23-18(12-25)17-5-3-4-6-20(17)31-23/h7-10H,2-6,13H2,1H3,(H,27,28). The number of aromatic nitrogens is 1. The van der Waals surface area contributed by atoms with Gasteiger partial charge >= 0.3 is 0 Å². The number of amides is 1. The summed E-state index contributed by atoms with van der Waals surface area (Å²) >= 11 is 2.73. The van der Waals surface area contributed by atoms with E-state index in [2.05, 4.69) is 22.4 Å². The number of pyridine rings is 1. The highest BCUT2D eigenvalue weighted by molar-refractivity contribution is 8.00. The lowest BCUT2D eigenvalue weighted by Crippen LogP contribution is -2.14. The van der Waals surface area contributed by atoms with Crippen LogP contribution in [0.2, 0.25) is 0 Å². The van der Waals surface area contributed by atoms with Gasteiger partial charge in [0, 0.05) is 10.3 Å². The number of hydrogen-bond acceptors (Lipinski definition) is 7. The van der Waals surface area contributed by atoms with Gasteiger partial charge in [0.2, 0.25) is 5.91 Å². The maximum Gasteiger partial charge on any atom is 0.235 e. The molecule has 156 valence electrons. The Balaban J connectivity index is 1.49. The lowest BCUT2D eigenvalue weighted by Gasteiger charge is -2.09. The summed E-state index contributed by atoms with van der Waals surface area (Å²) in [6.45, 7) is 2.48. The molecule has 2 heterocycles. The molecule has 1 aliphatic carbocycles. The summed E-state index contributed by atoms with van der Waals surface area (Å²) in [7, 11) is 0. The quantitative estimate of drug-likeness (QED) is 0.530. The Morgan fingerprint density at radius 2 is 2.10 bits per heavy atom. The van der Waals surface area contributed by atoms with Gasteiger partial charge in [-0.25, -0.2) is 4.98 Å². The number of rotatable bonds is 6. The molecule has 1 N–H and O–H groups in total. The summed E-state index contributed by atoms with van der Waals surface area (Å²) in [6.07, 6.45) is 4.07. The smallest absolute Gasteiger partial charge is 0.235 e. The van der Waals surface area contributed by atoms with Crippen molar-refractivity contribution in [3.63, 3.8) is 0 Å². The lowest BCUT2D eigenvalue weighted by molar-refractivity contribution is -0.113. The molecule has 0 unspecified atom stereocenters. The van der Waals surface area contributed by atoms with Crippen molar-refractivity contribution in [2.45, 2.75) is 37.6 Å². The van der Waals surface area contributed by atoms with Crippen molar-refractivity contribution in [3.8, 4) is 17.9 Å². The fourth-order valence-corrected chi connectivity index (χ4v) is 5.67. The molecule has 0 atom stereocenters. The van der Waals surface area contributed by atoms with Gasteiger partial charge in [0.25, 0.3) is 0 Å². The van der Waals surface area contributed by atoms with Crippen molar-refractivity contribution in [2.75, 3.05) is 17.7 Å². The van der Waals surface area contributed by atoms with E-state index in [1.54, 1.807) is 6.07 Å². The van der Waals surface area contributed by atoms with Crippen molar-refractivity contribution in [1.29, 1.82) is 10.5 Å². The number of carbonyl (C=O) groups is 1. The van der Waals surface area contributed by atoms with Crippen LogP contribution < -0.4 is 10.1 Å². The van der Waals surface area contributed by atoms with E-state index >= 15 is 0 Å². The van der Waals surface area contributed by atoms with E-state index in [-0.39, 0.29) is 11.7 Å². The van der Waals surface area contributed by atoms with E-state index in [1.807, 2.05) is 25.1 Å². The van der Waals surface area contributed by atoms with Gasteiger partial charge in [-0.3, -0.25) is 4.79 Å². The third-order valence-corrected chi connectivity index (χ3v) is 7.26. The number of carbonyl (C=O) groups excluding carboxylic acids is 1. The zero-order valence-electron chi connectivity index (χ0n) is 17.0. The second-order valence-corrected chi connectivity index (χ2v) is 9.17. The molecule has 31 heavy (non-hydrogen) atoms. The van der Waals surface area contributed by atoms with Gasteiger partial charge in [-0.05, 0) is 62.4 Å². The van der Waals surface area contributed by atoms with Crippen LogP contribution in [0, 0.1) is 22.7 Å². The van der Waals surface area contributed by atoms with Crippen LogP contribution in [0.25, 0.3) is 10.9 Å². The van der Waals surface area contributed by atoms with Gasteiger partial charge in [-0.1, -0.05) is 11.8 Å². The van der Waals surface area contributed by atoms with E-state index in [9.17, 15) is 15.3 Å². The Kier molecular flexibility index (Phi) is 6.41. The Morgan fingerprint density at radius 3 is 2.87 bits per heavy atom. The van der Waals surface area contributed by atoms with Crippen molar-refractivity contribution in [1.82, 2.24) is 4.98 Å². The van der Waals surface area contributed by atoms with Crippen molar-refractivity contribution < 1.29 is 9.53 Å². The van der Waals surface area contributed by atoms with Crippen LogP contribution in [0.3, 0.4) is 0 Å². The summed E-state index contributed by atoms with van der Waals surface area (Å²) in [4.78, 5) is 18.4. The zero-order valence-corrected chi connectivity index (χ0v) is 18.7. The number of benzene rings is 1. The van der Waals surface area contributed by atoms with Gasteiger partial charge in [-0.15, -0.1) is 11.3 Å². The second kappa shape index (κ2) is 9.38. The molecule has 4 rings (SSSR count). The number of nitrogens with one attached hydrogen (secondary N) is 1. The number of nitriles is 2. The number of hydrogen-bond donors (Lipinski definition) is 1. The third kappa shape index (κ3) is 4.51. The average molecular weight is 449 g/mol. The highest BCUT2D eigenvalue weighted by Gasteiger charge is 2.22. The number of aryl methyl sites for hydroxylation is 1. The molecule has 2 aromatic heterocycles. The zero-order chi connectivity index (χ0) is 21.8. The highest BCUT2D eigenvalue weighted by atomic mass is 32.2. The van der Waals surface area contributed by atoms with Crippen LogP contribution in [-0.2, 0) is 17.6 Å². The molecule has 0 bridgehead atoms. The Labute approximate surface area is 188 Å². The molecule has 0 fully saturated rings. The van der Waals surface area contributed by atoms with Crippen LogP contribution in [0.5, 0.6) is 5.75 Å². The fourth-order valence-electron chi connectivity index (χ4n) is 3.65. The number of thioether (sulfide) groups is 1. The number of thiophene rings is 1. The first-order chi connectivity index (χ1) is 15.1. The fraction of sp³-hybridized carbons (Fsp3) is 0.304. The van der Waals surface area contributed by atoms with Crippen LogP contribution in [-0.4, -0.2) is 23.3 Å². The van der Waals surface area contributed by atoms with Gasteiger partial charge < -0.3 is 10.1 Å². The molecular formula is C23H20N4O2S2. The van der Waals surface area contributed by atoms with Crippen LogP contribution in [0.15, 0.2) is 29.3 Å². The number of fused-ring (bicyclic) bond motifs is 2. The van der Waals surface area contributed by atoms with E-state index in [0.717, 1.165) is 47.9 Å². The Morgan fingerprint density at radius 1 is 1.26 bits per heavy atom. The van der Waals surface area contributed by atoms with Gasteiger partial charge in [0.05, 0.1) is 29.0 Å². The van der Waals surface area contributed by atoms with Crippen molar-refractivity contribution in [2.24, 2.45) is 0 Å². The lowest BCUT2D eigenvalue weighted by atomic mass is 9.96. The monoisotopic (exact) mass is 448 g/mol. The van der Waals surface area contributed by atoms with E-state index in [0.29, 0.717) is 27.8 Å². The predicted molar refractivity (Wildman–Crippen MR) is 123 cm³/mol. The second-order valence-electron chi connectivity index (χ2n) is 7.10. The van der Waals surface area contributed by atoms with Crippen molar-refractivity contribution in [3.05, 3.63) is 45.8 Å². The van der Waals surface area contributed by atoms with Crippen molar-refractivity contribution >= 4 is 44.9 Å². The molecule has 0 saturated heterocycles. The summed E-state index contributed by atoms with van der Waals surface area (Å²) in [5.74, 6) is 0.627. The summed E-state index contributed by atoms with van der Waals surface area (Å²) in [5.41, 5.74) is 2.85. The van der Waals surface area contributed by atoms with Gasteiger partial charge in [0.15, 0.2) is 0 Å². The maximum atomic E-state index is 12.6. The Bertz CT molecular complexity index is 1240. The maximum absolute atomic E-state index is 12.6. The molecule has 1 aliphatic rings. The first-order valence-electron chi connectivity index (χ1n) is 10.1. The molecule has 0 aliphatic heterocycles. The first-order valence-corrected chi connectivity index (χ1v) is 11.9. The number of nitrogens with zero attached hydrogens (tertiary/aromatic N) is 3. The molecule has 0 saturated carbocycles. The molecule has 0 radical (unpaired) electrons. The molecule has 8 heteroatoms. The SMILES string of the molecule is CCOc1ccc2nc(SCC(=O)Nc3sc4c(c3C#N)CCCC4)c(C#N)cc2c1. The topological polar surface area (TPSA) is 98.8 Å². The third-order valence-electron chi connectivity index (χ3n) is 5.06. The summed E-state index contributed by atoms with van der Waals surface area (Å²) in [5, 5.41) is 24.0. The largest absolute Gasteiger partial charge is 0.494 e. The molecule has 1 aromatic carbocycles. The minimum Gasteiger partial charge on any atom is -0.494 e. The van der Waals surface area contributed by atoms with Crippen LogP contribution >= 0.6 is 23.1 Å². The van der Waals surface area contributed by atoms with Gasteiger partial charge in [-0.2, -0.15) is 10.5 Å². The first kappa shape index (κ1) is 21.2. The molecule has 6 nitrogen and oxygen atoms in total. The minimum absolute atomic E-state index is 0.109. The van der Waals surface area contributed by atoms with E-state index < -0.39 is 0 Å². The highest BCUT2D eigenvalue weighted by Crippen LogP contribution is 2.37. The van der Waals surface area contributed by atoms with E-state index in [4.69, 9.17) is 4.74 Å². The molecule has 3 aromatic rings. The Hall–Kier alpha value is -3.07. The summed E-state index contributed by atoms with van der Waals surface area (Å²) in [6, 6.07) is 11.7. The molecule has 1 amide bonds. The molecule has 0 spiro atoms. The van der Waals surface area contributed by atoms with Gasteiger partial charge in [0.1, 0.15) is 27.9 Å². The predicted octanol–water partition coefficient (Wildman–Crippen LogP) is 5.05. The number of anilines is 1. The molecular weight excluding hydrogens is 428 g/mol. The normalized spacial score (nSPS) is 12.6. The van der Waals surface area contributed by atoms with Crippen LogP contribution in [0.1, 0.15) is 41.3 Å². The van der Waals surface area contributed by atoms with E-state index in [1.165, 1.54) is 28.0 Å². The minimum atomic E-state index is -0.211. The van der Waals surface area contributed by atoms with Crippen LogP contribution in [0.4, 0.5) is 5.00 Å². The number of ether oxygens (including phenoxy) is 1.